The van der Waals surface area contributed by atoms with Gasteiger partial charge in [0.05, 0.1) is 12.8 Å². The van der Waals surface area contributed by atoms with Gasteiger partial charge in [0.2, 0.25) is 0 Å². The maximum Gasteiger partial charge on any atom is 0.339 e. The molecule has 0 spiro atoms. The first-order valence-corrected chi connectivity index (χ1v) is 7.95. The summed E-state index contributed by atoms with van der Waals surface area (Å²) in [6, 6.07) is 1.50. The molecule has 2 N–H and O–H groups in total. The number of carboxylic acids is 1. The van der Waals surface area contributed by atoms with E-state index in [1.165, 1.54) is 44.4 Å². The van der Waals surface area contributed by atoms with Gasteiger partial charge < -0.3 is 14.8 Å². The number of hydrogen-bond donors (Lipinski definition) is 2. The van der Waals surface area contributed by atoms with Crippen LogP contribution < -0.4 is 5.32 Å². The van der Waals surface area contributed by atoms with Crippen molar-refractivity contribution in [2.75, 3.05) is 12.8 Å². The Morgan fingerprint density at radius 1 is 1.47 bits per heavy atom. The maximum absolute atomic E-state index is 11.0. The lowest BCUT2D eigenvalue weighted by atomic mass is 9.88. The molecule has 0 amide bonds. The Bertz CT molecular complexity index is 424. The number of rotatable bonds is 6. The molecule has 5 heteroatoms. The molecule has 1 aliphatic carbocycles. The molecule has 0 radical (unpaired) electrons. The number of nitrogens with one attached hydrogen (secondary N) is 1. The smallest absolute Gasteiger partial charge is 0.339 e. The summed E-state index contributed by atoms with van der Waals surface area (Å²) >= 11 is 1.93. The summed E-state index contributed by atoms with van der Waals surface area (Å²) < 4.78 is 5.55. The van der Waals surface area contributed by atoms with Gasteiger partial charge in [0.25, 0.3) is 0 Å². The van der Waals surface area contributed by atoms with Crippen LogP contribution in [-0.2, 0) is 6.54 Å². The summed E-state index contributed by atoms with van der Waals surface area (Å²) in [5.41, 5.74) is 0.259. The molecule has 19 heavy (non-hydrogen) atoms. The third-order valence-corrected chi connectivity index (χ3v) is 5.32. The van der Waals surface area contributed by atoms with Gasteiger partial charge >= 0.3 is 5.97 Å². The van der Waals surface area contributed by atoms with Crippen molar-refractivity contribution >= 4 is 17.7 Å². The molecule has 0 atom stereocenters. The monoisotopic (exact) mass is 283 g/mol. The zero-order valence-electron chi connectivity index (χ0n) is 11.3. The van der Waals surface area contributed by atoms with Gasteiger partial charge in [-0.15, -0.1) is 0 Å². The highest BCUT2D eigenvalue weighted by Crippen LogP contribution is 2.38. The molecule has 106 valence electrons. The summed E-state index contributed by atoms with van der Waals surface area (Å²) in [6.45, 7) is 1.39. The molecule has 2 rings (SSSR count). The van der Waals surface area contributed by atoms with E-state index in [0.29, 0.717) is 17.1 Å². The van der Waals surface area contributed by atoms with Crippen molar-refractivity contribution < 1.29 is 14.3 Å². The van der Waals surface area contributed by atoms with E-state index >= 15 is 0 Å². The molecular formula is C14H21NO3S. The maximum atomic E-state index is 11.0. The van der Waals surface area contributed by atoms with Gasteiger partial charge in [-0.05, 0) is 25.2 Å². The Hall–Kier alpha value is -0.940. The van der Waals surface area contributed by atoms with Crippen molar-refractivity contribution in [1.82, 2.24) is 5.32 Å². The Morgan fingerprint density at radius 2 is 2.21 bits per heavy atom. The molecule has 1 heterocycles. The highest BCUT2D eigenvalue weighted by molar-refractivity contribution is 8.00. The summed E-state index contributed by atoms with van der Waals surface area (Å²) in [5.74, 6) is -0.414. The van der Waals surface area contributed by atoms with E-state index in [9.17, 15) is 4.79 Å². The van der Waals surface area contributed by atoms with E-state index in [1.807, 2.05) is 11.8 Å². The van der Waals surface area contributed by atoms with Crippen LogP contribution in [0.25, 0.3) is 0 Å². The van der Waals surface area contributed by atoms with Crippen molar-refractivity contribution in [3.63, 3.8) is 0 Å². The first-order valence-electron chi connectivity index (χ1n) is 6.72. The molecule has 1 aromatic heterocycles. The van der Waals surface area contributed by atoms with Crippen LogP contribution in [-0.4, -0.2) is 28.6 Å². The van der Waals surface area contributed by atoms with E-state index in [2.05, 4.69) is 11.6 Å². The van der Waals surface area contributed by atoms with Crippen LogP contribution in [0, 0.1) is 0 Å². The first kappa shape index (κ1) is 14.5. The summed E-state index contributed by atoms with van der Waals surface area (Å²) in [7, 11) is 0. The second-order valence-electron chi connectivity index (χ2n) is 5.11. The van der Waals surface area contributed by atoms with Gasteiger partial charge in [0, 0.05) is 11.3 Å². The molecular weight excluding hydrogens is 262 g/mol. The average molecular weight is 283 g/mol. The van der Waals surface area contributed by atoms with E-state index < -0.39 is 5.97 Å². The lowest BCUT2D eigenvalue weighted by Gasteiger charge is -2.36. The van der Waals surface area contributed by atoms with Crippen molar-refractivity contribution in [2.45, 2.75) is 43.4 Å². The minimum absolute atomic E-state index is 0.259. The van der Waals surface area contributed by atoms with Gasteiger partial charge in [-0.1, -0.05) is 19.3 Å². The van der Waals surface area contributed by atoms with E-state index in [1.54, 1.807) is 0 Å². The molecule has 0 aliphatic heterocycles. The molecule has 1 aliphatic rings. The second kappa shape index (κ2) is 6.48. The lowest BCUT2D eigenvalue weighted by Crippen LogP contribution is -2.39. The Balaban J connectivity index is 1.88. The number of hydrogen-bond acceptors (Lipinski definition) is 4. The Morgan fingerprint density at radius 3 is 2.84 bits per heavy atom. The van der Waals surface area contributed by atoms with Gasteiger partial charge in [0.1, 0.15) is 11.3 Å². The van der Waals surface area contributed by atoms with Gasteiger partial charge in [0.15, 0.2) is 0 Å². The molecule has 4 nitrogen and oxygen atoms in total. The molecule has 1 aromatic rings. The minimum Gasteiger partial charge on any atom is -0.478 e. The number of carbonyl (C=O) groups is 1. The molecule has 1 saturated carbocycles. The van der Waals surface area contributed by atoms with Crippen LogP contribution in [0.2, 0.25) is 0 Å². The number of aromatic carboxylic acids is 1. The van der Waals surface area contributed by atoms with Gasteiger partial charge in [-0.2, -0.15) is 11.8 Å². The Labute approximate surface area is 117 Å². The summed E-state index contributed by atoms with van der Waals surface area (Å²) in [5, 5.41) is 12.4. The predicted molar refractivity (Wildman–Crippen MR) is 76.7 cm³/mol. The second-order valence-corrected chi connectivity index (χ2v) is 6.39. The third-order valence-electron chi connectivity index (χ3n) is 3.91. The van der Waals surface area contributed by atoms with Gasteiger partial charge in [-0.25, -0.2) is 4.79 Å². The zero-order valence-corrected chi connectivity index (χ0v) is 12.1. The SMILES string of the molecule is CSC1(CNCc2occc2C(=O)O)CCCCC1. The van der Waals surface area contributed by atoms with Gasteiger partial charge in [-0.3, -0.25) is 0 Å². The van der Waals surface area contributed by atoms with E-state index in [4.69, 9.17) is 9.52 Å². The van der Waals surface area contributed by atoms with Crippen LogP contribution in [0.5, 0.6) is 0 Å². The zero-order chi connectivity index (χ0) is 13.7. The highest BCUT2D eigenvalue weighted by Gasteiger charge is 2.30. The highest BCUT2D eigenvalue weighted by atomic mass is 32.2. The summed E-state index contributed by atoms with van der Waals surface area (Å²) in [4.78, 5) is 11.0. The fraction of sp³-hybridized carbons (Fsp3) is 0.643. The third kappa shape index (κ3) is 3.54. The fourth-order valence-electron chi connectivity index (χ4n) is 2.72. The summed E-state index contributed by atoms with van der Waals surface area (Å²) in [6.07, 6.45) is 10.0. The first-order chi connectivity index (χ1) is 9.17. The van der Waals surface area contributed by atoms with Crippen LogP contribution >= 0.6 is 11.8 Å². The van der Waals surface area contributed by atoms with Crippen molar-refractivity contribution in [3.8, 4) is 0 Å². The van der Waals surface area contributed by atoms with Crippen molar-refractivity contribution in [2.24, 2.45) is 0 Å². The molecule has 0 bridgehead atoms. The fourth-order valence-corrected chi connectivity index (χ4v) is 3.66. The lowest BCUT2D eigenvalue weighted by molar-refractivity contribution is 0.0694. The minimum atomic E-state index is -0.928. The van der Waals surface area contributed by atoms with Crippen LogP contribution in [0.15, 0.2) is 16.7 Å². The molecule has 0 saturated heterocycles. The molecule has 0 aromatic carbocycles. The average Bonchev–Trinajstić information content (AvgIpc) is 2.88. The number of carboxylic acid groups (broad SMARTS) is 1. The van der Waals surface area contributed by atoms with Crippen LogP contribution in [0.1, 0.15) is 48.2 Å². The standard InChI is InChI=1S/C14H21NO3S/c1-19-14(6-3-2-4-7-14)10-15-9-12-11(13(16)17)5-8-18-12/h5,8,15H,2-4,6-7,9-10H2,1H3,(H,16,17). The number of furan rings is 1. The van der Waals surface area contributed by atoms with E-state index in [0.717, 1.165) is 6.54 Å². The quantitative estimate of drug-likeness (QED) is 0.840. The normalized spacial score (nSPS) is 18.4. The van der Waals surface area contributed by atoms with Crippen molar-refractivity contribution in [1.29, 1.82) is 0 Å². The largest absolute Gasteiger partial charge is 0.478 e. The van der Waals surface area contributed by atoms with Crippen LogP contribution in [0.3, 0.4) is 0 Å². The van der Waals surface area contributed by atoms with Crippen molar-refractivity contribution in [3.05, 3.63) is 23.7 Å². The van der Waals surface area contributed by atoms with E-state index in [-0.39, 0.29) is 5.56 Å². The van der Waals surface area contributed by atoms with Crippen LogP contribution in [0.4, 0.5) is 0 Å². The predicted octanol–water partition coefficient (Wildman–Crippen LogP) is 3.13. The number of thioether (sulfide) groups is 1. The molecule has 1 fully saturated rings. The Kier molecular flexibility index (Phi) is 4.93. The molecule has 0 unspecified atom stereocenters. The topological polar surface area (TPSA) is 62.5 Å².